The minimum Gasteiger partial charge on any atom is -0.308 e. The number of nitrogens with zero attached hydrogens (tertiary/aromatic N) is 2. The number of rotatable bonds is 6. The van der Waals surface area contributed by atoms with Gasteiger partial charge in [0.2, 0.25) is 5.91 Å². The molecule has 0 unspecified atom stereocenters. The molecule has 2 aromatic carbocycles. The van der Waals surface area contributed by atoms with Crippen molar-refractivity contribution in [3.63, 3.8) is 0 Å². The molecule has 1 heterocycles. The largest absolute Gasteiger partial charge is 0.308 e. The van der Waals surface area contributed by atoms with Crippen molar-refractivity contribution in [2.75, 3.05) is 24.5 Å². The highest BCUT2D eigenvalue weighted by molar-refractivity contribution is 5.93. The third-order valence-electron chi connectivity index (χ3n) is 5.01. The molecule has 25 heavy (non-hydrogen) atoms. The zero-order valence-corrected chi connectivity index (χ0v) is 15.1. The van der Waals surface area contributed by atoms with Crippen LogP contribution in [-0.2, 0) is 11.2 Å². The third kappa shape index (κ3) is 4.70. The summed E-state index contributed by atoms with van der Waals surface area (Å²) in [6.45, 7) is 5.11. The Morgan fingerprint density at radius 2 is 1.76 bits per heavy atom. The third-order valence-corrected chi connectivity index (χ3v) is 5.01. The van der Waals surface area contributed by atoms with E-state index in [1.807, 2.05) is 30.0 Å². The van der Waals surface area contributed by atoms with Crippen molar-refractivity contribution in [2.45, 2.75) is 38.6 Å². The maximum Gasteiger partial charge on any atom is 0.227 e. The fraction of sp³-hybridized carbons (Fsp3) is 0.409. The van der Waals surface area contributed by atoms with E-state index < -0.39 is 0 Å². The number of piperidine rings is 1. The SMILES string of the molecule is CCC(=O)N(c1ccccc1)[C@H]1CCCN(CCc2ccccc2)C1. The van der Waals surface area contributed by atoms with Gasteiger partial charge >= 0.3 is 0 Å². The van der Waals surface area contributed by atoms with Crippen molar-refractivity contribution in [1.82, 2.24) is 4.90 Å². The predicted octanol–water partition coefficient (Wildman–Crippen LogP) is 4.14. The molecule has 3 rings (SSSR count). The zero-order chi connectivity index (χ0) is 17.5. The van der Waals surface area contributed by atoms with Gasteiger partial charge in [0.05, 0.1) is 0 Å². The number of carbonyl (C=O) groups excluding carboxylic acids is 1. The van der Waals surface area contributed by atoms with Crippen molar-refractivity contribution < 1.29 is 4.79 Å². The summed E-state index contributed by atoms with van der Waals surface area (Å²) in [5.41, 5.74) is 2.42. The molecule has 1 fully saturated rings. The molecule has 2 aromatic rings. The van der Waals surface area contributed by atoms with Crippen LogP contribution in [-0.4, -0.2) is 36.5 Å². The van der Waals surface area contributed by atoms with Crippen LogP contribution in [0.1, 0.15) is 31.7 Å². The van der Waals surface area contributed by atoms with Gasteiger partial charge in [-0.2, -0.15) is 0 Å². The lowest BCUT2D eigenvalue weighted by Gasteiger charge is -2.39. The van der Waals surface area contributed by atoms with Crippen LogP contribution in [0, 0.1) is 0 Å². The number of para-hydroxylation sites is 1. The van der Waals surface area contributed by atoms with Gasteiger partial charge in [-0.3, -0.25) is 4.79 Å². The van der Waals surface area contributed by atoms with Crippen LogP contribution in [0.15, 0.2) is 60.7 Å². The van der Waals surface area contributed by atoms with E-state index in [4.69, 9.17) is 0 Å². The maximum atomic E-state index is 12.6. The van der Waals surface area contributed by atoms with Crippen LogP contribution >= 0.6 is 0 Å². The van der Waals surface area contributed by atoms with Gasteiger partial charge in [-0.15, -0.1) is 0 Å². The lowest BCUT2D eigenvalue weighted by atomic mass is 10.0. The second kappa shape index (κ2) is 8.82. The fourth-order valence-corrected chi connectivity index (χ4v) is 3.69. The molecular weight excluding hydrogens is 308 g/mol. The van der Waals surface area contributed by atoms with Gasteiger partial charge in [0.25, 0.3) is 0 Å². The molecule has 1 aliphatic heterocycles. The summed E-state index contributed by atoms with van der Waals surface area (Å²) < 4.78 is 0. The summed E-state index contributed by atoms with van der Waals surface area (Å²) in [6.07, 6.45) is 3.86. The van der Waals surface area contributed by atoms with E-state index in [1.54, 1.807) is 0 Å². The predicted molar refractivity (Wildman–Crippen MR) is 104 cm³/mol. The summed E-state index contributed by atoms with van der Waals surface area (Å²) >= 11 is 0. The van der Waals surface area contributed by atoms with Crippen LogP contribution in [0.2, 0.25) is 0 Å². The fourth-order valence-electron chi connectivity index (χ4n) is 3.69. The van der Waals surface area contributed by atoms with E-state index in [2.05, 4.69) is 47.4 Å². The minimum atomic E-state index is 0.223. The lowest BCUT2D eigenvalue weighted by Crippen LogP contribution is -2.50. The Morgan fingerprint density at radius 3 is 2.44 bits per heavy atom. The molecule has 0 radical (unpaired) electrons. The normalized spacial score (nSPS) is 18.0. The summed E-state index contributed by atoms with van der Waals surface area (Å²) in [5.74, 6) is 0.223. The molecule has 1 amide bonds. The smallest absolute Gasteiger partial charge is 0.227 e. The Hall–Kier alpha value is -2.13. The van der Waals surface area contributed by atoms with Crippen molar-refractivity contribution >= 4 is 11.6 Å². The number of amides is 1. The average molecular weight is 336 g/mol. The van der Waals surface area contributed by atoms with Crippen LogP contribution in [0.5, 0.6) is 0 Å². The summed E-state index contributed by atoms with van der Waals surface area (Å²) in [6, 6.07) is 21.1. The van der Waals surface area contributed by atoms with Crippen LogP contribution < -0.4 is 4.90 Å². The van der Waals surface area contributed by atoms with E-state index in [0.29, 0.717) is 6.42 Å². The molecule has 1 saturated heterocycles. The first-order chi connectivity index (χ1) is 12.3. The van der Waals surface area contributed by atoms with Crippen molar-refractivity contribution in [2.24, 2.45) is 0 Å². The quantitative estimate of drug-likeness (QED) is 0.791. The monoisotopic (exact) mass is 336 g/mol. The van der Waals surface area contributed by atoms with Crippen molar-refractivity contribution in [3.05, 3.63) is 66.2 Å². The van der Waals surface area contributed by atoms with Gasteiger partial charge in [-0.05, 0) is 43.5 Å². The molecule has 0 saturated carbocycles. The van der Waals surface area contributed by atoms with Crippen molar-refractivity contribution in [3.8, 4) is 0 Å². The highest BCUT2D eigenvalue weighted by Crippen LogP contribution is 2.24. The second-order valence-corrected chi connectivity index (χ2v) is 6.79. The molecule has 3 nitrogen and oxygen atoms in total. The molecule has 0 aromatic heterocycles. The first-order valence-corrected chi connectivity index (χ1v) is 9.41. The highest BCUT2D eigenvalue weighted by atomic mass is 16.2. The minimum absolute atomic E-state index is 0.223. The van der Waals surface area contributed by atoms with Crippen LogP contribution in [0.4, 0.5) is 5.69 Å². The molecule has 0 spiro atoms. The molecular formula is C22H28N2O. The van der Waals surface area contributed by atoms with Gasteiger partial charge in [0.15, 0.2) is 0 Å². The summed E-state index contributed by atoms with van der Waals surface area (Å²) in [7, 11) is 0. The molecule has 0 bridgehead atoms. The number of hydrogen-bond acceptors (Lipinski definition) is 2. The van der Waals surface area contributed by atoms with Gasteiger partial charge in [-0.1, -0.05) is 55.5 Å². The standard InChI is InChI=1S/C22H28N2O/c1-2-22(25)24(20-12-7-4-8-13-20)21-14-9-16-23(18-21)17-15-19-10-5-3-6-11-19/h3-8,10-13,21H,2,9,14-18H2,1H3/t21-/m0/s1. The number of hydrogen-bond donors (Lipinski definition) is 0. The Morgan fingerprint density at radius 1 is 1.08 bits per heavy atom. The molecule has 3 heteroatoms. The van der Waals surface area contributed by atoms with Crippen LogP contribution in [0.25, 0.3) is 0 Å². The second-order valence-electron chi connectivity index (χ2n) is 6.79. The first kappa shape index (κ1) is 17.7. The number of benzene rings is 2. The van der Waals surface area contributed by atoms with E-state index in [0.717, 1.165) is 44.6 Å². The Labute approximate surface area is 151 Å². The molecule has 1 atom stereocenters. The molecule has 0 aliphatic carbocycles. The first-order valence-electron chi connectivity index (χ1n) is 9.41. The lowest BCUT2D eigenvalue weighted by molar-refractivity contribution is -0.119. The number of carbonyl (C=O) groups is 1. The topological polar surface area (TPSA) is 23.6 Å². The number of anilines is 1. The van der Waals surface area contributed by atoms with E-state index in [1.165, 1.54) is 5.56 Å². The Kier molecular flexibility index (Phi) is 6.24. The summed E-state index contributed by atoms with van der Waals surface area (Å²) in [5, 5.41) is 0. The van der Waals surface area contributed by atoms with Crippen molar-refractivity contribution in [1.29, 1.82) is 0 Å². The number of likely N-dealkylation sites (tertiary alicyclic amines) is 1. The molecule has 0 N–H and O–H groups in total. The van der Waals surface area contributed by atoms with Gasteiger partial charge < -0.3 is 9.80 Å². The molecule has 132 valence electrons. The highest BCUT2D eigenvalue weighted by Gasteiger charge is 2.28. The Bertz CT molecular complexity index is 656. The van der Waals surface area contributed by atoms with E-state index in [-0.39, 0.29) is 11.9 Å². The Balaban J connectivity index is 1.66. The zero-order valence-electron chi connectivity index (χ0n) is 15.1. The van der Waals surface area contributed by atoms with Crippen LogP contribution in [0.3, 0.4) is 0 Å². The maximum absolute atomic E-state index is 12.6. The average Bonchev–Trinajstić information content (AvgIpc) is 2.68. The van der Waals surface area contributed by atoms with Gasteiger partial charge in [0.1, 0.15) is 0 Å². The van der Waals surface area contributed by atoms with E-state index in [9.17, 15) is 4.79 Å². The molecule has 1 aliphatic rings. The van der Waals surface area contributed by atoms with Gasteiger partial charge in [-0.25, -0.2) is 0 Å². The van der Waals surface area contributed by atoms with Gasteiger partial charge in [0, 0.05) is 31.2 Å². The summed E-state index contributed by atoms with van der Waals surface area (Å²) in [4.78, 5) is 17.2. The van der Waals surface area contributed by atoms with E-state index >= 15 is 0 Å².